The summed E-state index contributed by atoms with van der Waals surface area (Å²) in [6, 6.07) is 0. The molecule has 0 aromatic heterocycles. The van der Waals surface area contributed by atoms with Gasteiger partial charge in [0.1, 0.15) is 0 Å². The van der Waals surface area contributed by atoms with Gasteiger partial charge in [-0.3, -0.25) is 4.90 Å². The zero-order valence-electron chi connectivity index (χ0n) is 10.6. The maximum Gasteiger partial charge on any atom is 0.0620 e. The van der Waals surface area contributed by atoms with Gasteiger partial charge in [-0.1, -0.05) is 22.6 Å². The molecule has 0 N–H and O–H groups in total. The molecule has 0 spiro atoms. The normalized spacial score (nSPS) is 25.6. The molecule has 1 rings (SSSR count). The Labute approximate surface area is 113 Å². The van der Waals surface area contributed by atoms with Crippen LogP contribution in [0.25, 0.3) is 0 Å². The third kappa shape index (κ3) is 5.26. The Bertz CT molecular complexity index is 205. The maximum absolute atomic E-state index is 2.64. The lowest BCUT2D eigenvalue weighted by Crippen LogP contribution is -2.48. The lowest BCUT2D eigenvalue weighted by molar-refractivity contribution is 0.114. The molecule has 1 heterocycles. The van der Waals surface area contributed by atoms with E-state index in [1.807, 2.05) is 0 Å². The third-order valence-corrected chi connectivity index (χ3v) is 4.82. The number of hydrogen-bond acceptors (Lipinski definition) is 2. The minimum Gasteiger partial charge on any atom is -0.297 e. The highest BCUT2D eigenvalue weighted by molar-refractivity contribution is 14.1. The molecule has 1 saturated heterocycles. The predicted octanol–water partition coefficient (Wildman–Crippen LogP) is 4.15. The quantitative estimate of drug-likeness (QED) is 0.548. The number of hydrogen-bond donors (Lipinski definition) is 0. The summed E-state index contributed by atoms with van der Waals surface area (Å²) in [5.74, 6) is 0. The first-order chi connectivity index (χ1) is 6.68. The van der Waals surface area contributed by atoms with Gasteiger partial charge in [0.2, 0.25) is 0 Å². The fraction of sp³-hybridized carbons (Fsp3) is 1.00. The van der Waals surface area contributed by atoms with Crippen molar-refractivity contribution in [3.8, 4) is 0 Å². The van der Waals surface area contributed by atoms with E-state index in [0.717, 1.165) is 5.25 Å². The number of thioether (sulfide) groups is 1. The molecule has 0 amide bonds. The molecule has 1 fully saturated rings. The molecule has 1 aliphatic heterocycles. The molecule has 1 nitrogen and oxygen atoms in total. The van der Waals surface area contributed by atoms with Crippen molar-refractivity contribution in [2.45, 2.75) is 61.0 Å². The van der Waals surface area contributed by atoms with E-state index in [1.54, 1.807) is 0 Å². The first-order valence-corrected chi connectivity index (χ1v) is 7.76. The summed E-state index contributed by atoms with van der Waals surface area (Å²) in [6.45, 7) is 14.2. The predicted molar refractivity (Wildman–Crippen MR) is 80.0 cm³/mol. The van der Waals surface area contributed by atoms with Gasteiger partial charge >= 0.3 is 0 Å². The number of piperidine rings is 1. The van der Waals surface area contributed by atoms with Crippen LogP contribution in [-0.4, -0.2) is 31.5 Å². The van der Waals surface area contributed by atoms with Crippen LogP contribution < -0.4 is 0 Å². The largest absolute Gasteiger partial charge is 0.297 e. The van der Waals surface area contributed by atoms with E-state index < -0.39 is 0 Å². The van der Waals surface area contributed by atoms with E-state index in [2.05, 4.69) is 73.9 Å². The summed E-state index contributed by atoms with van der Waals surface area (Å²) in [5.41, 5.74) is 0.342. The molecule has 90 valence electrons. The zero-order chi connectivity index (χ0) is 11.7. The molecule has 0 saturated carbocycles. The Balaban J connectivity index is 2.50. The standard InChI is InChI=1S/C12H24INS/c1-11(2,3)14-8-6-7-10(9-14)15-12(4,5)13/h10H,6-9H2,1-5H3. The number of likely N-dealkylation sites (tertiary alicyclic amines) is 1. The van der Waals surface area contributed by atoms with Crippen molar-refractivity contribution >= 4 is 34.4 Å². The Morgan fingerprint density at radius 2 is 1.80 bits per heavy atom. The highest BCUT2D eigenvalue weighted by atomic mass is 127. The van der Waals surface area contributed by atoms with Crippen molar-refractivity contribution in [3.63, 3.8) is 0 Å². The fourth-order valence-corrected chi connectivity index (χ4v) is 4.45. The van der Waals surface area contributed by atoms with Gasteiger partial charge in [-0.15, -0.1) is 11.8 Å². The molecule has 1 unspecified atom stereocenters. The van der Waals surface area contributed by atoms with E-state index in [4.69, 9.17) is 0 Å². The van der Waals surface area contributed by atoms with Gasteiger partial charge in [0, 0.05) is 17.3 Å². The molecule has 0 aromatic carbocycles. The minimum absolute atomic E-state index is 0.342. The highest BCUT2D eigenvalue weighted by Crippen LogP contribution is 2.39. The number of rotatable bonds is 2. The summed E-state index contributed by atoms with van der Waals surface area (Å²) in [6.07, 6.45) is 2.76. The fourth-order valence-electron chi connectivity index (χ4n) is 2.04. The van der Waals surface area contributed by atoms with E-state index >= 15 is 0 Å². The van der Waals surface area contributed by atoms with Crippen LogP contribution in [0.4, 0.5) is 0 Å². The summed E-state index contributed by atoms with van der Waals surface area (Å²) in [4.78, 5) is 2.64. The van der Waals surface area contributed by atoms with Crippen molar-refractivity contribution in [2.24, 2.45) is 0 Å². The van der Waals surface area contributed by atoms with Gasteiger partial charge in [0.05, 0.1) is 2.75 Å². The SMILES string of the molecule is CC(C)(I)SC1CCCN(C(C)(C)C)C1. The Morgan fingerprint density at radius 1 is 1.20 bits per heavy atom. The van der Waals surface area contributed by atoms with Gasteiger partial charge in [-0.25, -0.2) is 0 Å². The van der Waals surface area contributed by atoms with Gasteiger partial charge in [-0.2, -0.15) is 0 Å². The second kappa shape index (κ2) is 5.13. The second-order valence-electron chi connectivity index (χ2n) is 5.86. The minimum atomic E-state index is 0.342. The number of halogens is 1. The highest BCUT2D eigenvalue weighted by Gasteiger charge is 2.30. The van der Waals surface area contributed by atoms with E-state index in [-0.39, 0.29) is 0 Å². The molecular formula is C12H24INS. The third-order valence-electron chi connectivity index (χ3n) is 2.77. The molecule has 1 atom stereocenters. The summed E-state index contributed by atoms with van der Waals surface area (Å²) < 4.78 is 0.378. The summed E-state index contributed by atoms with van der Waals surface area (Å²) >= 11 is 4.69. The Morgan fingerprint density at radius 3 is 2.27 bits per heavy atom. The van der Waals surface area contributed by atoms with Crippen molar-refractivity contribution in [2.75, 3.05) is 13.1 Å². The van der Waals surface area contributed by atoms with Crippen molar-refractivity contribution in [3.05, 3.63) is 0 Å². The van der Waals surface area contributed by atoms with Crippen LogP contribution in [0.2, 0.25) is 0 Å². The lowest BCUT2D eigenvalue weighted by atomic mass is 10.0. The van der Waals surface area contributed by atoms with Crippen LogP contribution >= 0.6 is 34.4 Å². The van der Waals surface area contributed by atoms with Gasteiger partial charge < -0.3 is 0 Å². The van der Waals surface area contributed by atoms with Crippen molar-refractivity contribution < 1.29 is 0 Å². The van der Waals surface area contributed by atoms with E-state index in [1.165, 1.54) is 25.9 Å². The van der Waals surface area contributed by atoms with Crippen LogP contribution in [0.1, 0.15) is 47.5 Å². The number of alkyl halides is 1. The molecule has 0 aromatic rings. The van der Waals surface area contributed by atoms with Crippen LogP contribution in [0.15, 0.2) is 0 Å². The molecule has 15 heavy (non-hydrogen) atoms. The lowest BCUT2D eigenvalue weighted by Gasteiger charge is -2.42. The zero-order valence-corrected chi connectivity index (χ0v) is 13.6. The van der Waals surface area contributed by atoms with Gasteiger partial charge in [-0.05, 0) is 54.0 Å². The monoisotopic (exact) mass is 341 g/mol. The van der Waals surface area contributed by atoms with E-state index in [0.29, 0.717) is 8.29 Å². The molecule has 0 bridgehead atoms. The average Bonchev–Trinajstić information content (AvgIpc) is 1.99. The summed E-state index contributed by atoms with van der Waals surface area (Å²) in [5, 5.41) is 0.824. The molecule has 3 heteroatoms. The van der Waals surface area contributed by atoms with Gasteiger partial charge in [0.25, 0.3) is 0 Å². The first kappa shape index (κ1) is 14.1. The molecule has 0 radical (unpaired) electrons. The second-order valence-corrected chi connectivity index (χ2v) is 11.2. The molecular weight excluding hydrogens is 317 g/mol. The van der Waals surface area contributed by atoms with Crippen LogP contribution in [0, 0.1) is 0 Å². The molecule has 0 aliphatic carbocycles. The van der Waals surface area contributed by atoms with Crippen LogP contribution in [0.3, 0.4) is 0 Å². The molecule has 1 aliphatic rings. The Kier molecular flexibility index (Phi) is 4.82. The first-order valence-electron chi connectivity index (χ1n) is 5.80. The summed E-state index contributed by atoms with van der Waals surface area (Å²) in [7, 11) is 0. The van der Waals surface area contributed by atoms with Crippen molar-refractivity contribution in [1.29, 1.82) is 0 Å². The van der Waals surface area contributed by atoms with Crippen molar-refractivity contribution in [1.82, 2.24) is 4.90 Å². The van der Waals surface area contributed by atoms with E-state index in [9.17, 15) is 0 Å². The van der Waals surface area contributed by atoms with Crippen LogP contribution in [-0.2, 0) is 0 Å². The van der Waals surface area contributed by atoms with Gasteiger partial charge in [0.15, 0.2) is 0 Å². The Hall–Kier alpha value is 1.04. The smallest absolute Gasteiger partial charge is 0.0620 e. The number of nitrogens with zero attached hydrogens (tertiary/aromatic N) is 1. The topological polar surface area (TPSA) is 3.24 Å². The van der Waals surface area contributed by atoms with Crippen LogP contribution in [0.5, 0.6) is 0 Å². The maximum atomic E-state index is 2.64. The average molecular weight is 341 g/mol.